The maximum absolute atomic E-state index is 12.2. The van der Waals surface area contributed by atoms with Crippen LogP contribution in [0.4, 0.5) is 0 Å². The van der Waals surface area contributed by atoms with Crippen LogP contribution in [-0.4, -0.2) is 35.7 Å². The van der Waals surface area contributed by atoms with E-state index in [1.54, 1.807) is 11.8 Å². The van der Waals surface area contributed by atoms with Gasteiger partial charge in [-0.05, 0) is 31.4 Å². The first-order valence-electron chi connectivity index (χ1n) is 6.48. The molecule has 3 nitrogen and oxygen atoms in total. The molecule has 18 heavy (non-hydrogen) atoms. The summed E-state index contributed by atoms with van der Waals surface area (Å²) >= 11 is 1.60. The molecule has 1 unspecified atom stereocenters. The Hall–Kier alpha value is -1.00. The van der Waals surface area contributed by atoms with Crippen molar-refractivity contribution >= 4 is 17.7 Å². The fourth-order valence-electron chi connectivity index (χ4n) is 2.32. The van der Waals surface area contributed by atoms with Gasteiger partial charge in [-0.1, -0.05) is 18.2 Å². The summed E-state index contributed by atoms with van der Waals surface area (Å²) in [4.78, 5) is 15.3. The van der Waals surface area contributed by atoms with Crippen molar-refractivity contribution in [1.29, 1.82) is 0 Å². The highest BCUT2D eigenvalue weighted by Gasteiger charge is 2.25. The van der Waals surface area contributed by atoms with Gasteiger partial charge >= 0.3 is 0 Å². The number of amides is 1. The molecule has 1 heterocycles. The molecule has 0 aliphatic carbocycles. The average Bonchev–Trinajstić information content (AvgIpc) is 2.45. The first kappa shape index (κ1) is 13.4. The van der Waals surface area contributed by atoms with Crippen LogP contribution in [0.2, 0.25) is 0 Å². The summed E-state index contributed by atoms with van der Waals surface area (Å²) in [7, 11) is 0. The number of nitrogens with zero attached hydrogens (tertiary/aromatic N) is 1. The highest BCUT2D eigenvalue weighted by molar-refractivity contribution is 8.00. The van der Waals surface area contributed by atoms with E-state index in [2.05, 4.69) is 0 Å². The van der Waals surface area contributed by atoms with Gasteiger partial charge in [-0.25, -0.2) is 0 Å². The quantitative estimate of drug-likeness (QED) is 0.847. The number of likely N-dealkylation sites (tertiary alicyclic amines) is 1. The molecule has 2 rings (SSSR count). The molecule has 1 saturated heterocycles. The molecule has 0 bridgehead atoms. The second-order valence-electron chi connectivity index (χ2n) is 4.57. The predicted octanol–water partition coefficient (Wildman–Crippen LogP) is 2.12. The predicted molar refractivity (Wildman–Crippen MR) is 75.6 cm³/mol. The third-order valence-corrected chi connectivity index (χ3v) is 4.32. The van der Waals surface area contributed by atoms with E-state index in [-0.39, 0.29) is 11.9 Å². The van der Waals surface area contributed by atoms with Gasteiger partial charge in [-0.15, -0.1) is 11.8 Å². The lowest BCUT2D eigenvalue weighted by Gasteiger charge is -2.35. The van der Waals surface area contributed by atoms with Gasteiger partial charge in [0.25, 0.3) is 0 Å². The van der Waals surface area contributed by atoms with Crippen LogP contribution in [0, 0.1) is 0 Å². The van der Waals surface area contributed by atoms with Crippen molar-refractivity contribution in [1.82, 2.24) is 4.90 Å². The molecule has 1 aliphatic rings. The van der Waals surface area contributed by atoms with Gasteiger partial charge in [-0.3, -0.25) is 4.79 Å². The summed E-state index contributed by atoms with van der Waals surface area (Å²) in [5.74, 6) is 0.736. The van der Waals surface area contributed by atoms with Crippen LogP contribution in [0.25, 0.3) is 0 Å². The van der Waals surface area contributed by atoms with E-state index >= 15 is 0 Å². The number of carbonyl (C=O) groups is 1. The van der Waals surface area contributed by atoms with Crippen LogP contribution in [-0.2, 0) is 4.79 Å². The standard InChI is InChI=1S/C14H20N2OS/c15-10-12-6-4-5-9-16(12)14(17)11-18-13-7-2-1-3-8-13/h1-3,7-8,12H,4-6,9-11,15H2. The molecule has 0 spiro atoms. The first-order valence-corrected chi connectivity index (χ1v) is 7.47. The van der Waals surface area contributed by atoms with Crippen molar-refractivity contribution in [3.63, 3.8) is 0 Å². The zero-order valence-electron chi connectivity index (χ0n) is 10.5. The molecule has 1 atom stereocenters. The van der Waals surface area contributed by atoms with E-state index in [1.807, 2.05) is 35.2 Å². The molecule has 2 N–H and O–H groups in total. The summed E-state index contributed by atoms with van der Waals surface area (Å²) < 4.78 is 0. The number of rotatable bonds is 4. The van der Waals surface area contributed by atoms with Gasteiger partial charge < -0.3 is 10.6 Å². The summed E-state index contributed by atoms with van der Waals surface area (Å²) in [6.07, 6.45) is 3.36. The molecule has 0 radical (unpaired) electrons. The van der Waals surface area contributed by atoms with Crippen LogP contribution in [0.3, 0.4) is 0 Å². The van der Waals surface area contributed by atoms with E-state index in [9.17, 15) is 4.79 Å². The highest BCUT2D eigenvalue weighted by atomic mass is 32.2. The summed E-state index contributed by atoms with van der Waals surface area (Å²) in [6.45, 7) is 1.46. The van der Waals surface area contributed by atoms with Gasteiger partial charge in [0, 0.05) is 24.0 Å². The van der Waals surface area contributed by atoms with E-state index in [1.165, 1.54) is 6.42 Å². The van der Waals surface area contributed by atoms with Crippen LogP contribution < -0.4 is 5.73 Å². The lowest BCUT2D eigenvalue weighted by Crippen LogP contribution is -2.48. The molecule has 4 heteroatoms. The van der Waals surface area contributed by atoms with Crippen molar-refractivity contribution in [3.8, 4) is 0 Å². The summed E-state index contributed by atoms with van der Waals surface area (Å²) in [5.41, 5.74) is 5.74. The van der Waals surface area contributed by atoms with E-state index < -0.39 is 0 Å². The maximum Gasteiger partial charge on any atom is 0.233 e. The molecule has 1 aromatic carbocycles. The lowest BCUT2D eigenvalue weighted by molar-refractivity contribution is -0.131. The Kier molecular flexibility index (Phi) is 5.08. The minimum atomic E-state index is 0.221. The Balaban J connectivity index is 1.87. The Morgan fingerprint density at radius 1 is 1.33 bits per heavy atom. The minimum absolute atomic E-state index is 0.221. The molecule has 1 fully saturated rings. The highest BCUT2D eigenvalue weighted by Crippen LogP contribution is 2.21. The number of thioether (sulfide) groups is 1. The average molecular weight is 264 g/mol. The zero-order valence-corrected chi connectivity index (χ0v) is 11.4. The van der Waals surface area contributed by atoms with Crippen molar-refractivity contribution in [3.05, 3.63) is 30.3 Å². The van der Waals surface area contributed by atoms with Gasteiger partial charge in [0.1, 0.15) is 0 Å². The number of nitrogens with two attached hydrogens (primary N) is 1. The van der Waals surface area contributed by atoms with Crippen LogP contribution in [0.15, 0.2) is 35.2 Å². The Morgan fingerprint density at radius 2 is 2.11 bits per heavy atom. The van der Waals surface area contributed by atoms with Crippen molar-refractivity contribution in [2.45, 2.75) is 30.2 Å². The Morgan fingerprint density at radius 3 is 2.83 bits per heavy atom. The third kappa shape index (κ3) is 3.50. The topological polar surface area (TPSA) is 46.3 Å². The lowest BCUT2D eigenvalue weighted by atomic mass is 10.0. The summed E-state index contributed by atoms with van der Waals surface area (Å²) in [5, 5.41) is 0. The molecule has 1 aromatic rings. The van der Waals surface area contributed by atoms with Crippen molar-refractivity contribution in [2.75, 3.05) is 18.8 Å². The minimum Gasteiger partial charge on any atom is -0.338 e. The zero-order chi connectivity index (χ0) is 12.8. The molecule has 1 amide bonds. The molecule has 0 saturated carbocycles. The largest absolute Gasteiger partial charge is 0.338 e. The second kappa shape index (κ2) is 6.81. The number of hydrogen-bond acceptors (Lipinski definition) is 3. The van der Waals surface area contributed by atoms with E-state index in [4.69, 9.17) is 5.73 Å². The van der Waals surface area contributed by atoms with Gasteiger partial charge in [0.15, 0.2) is 0 Å². The molecule has 0 aromatic heterocycles. The monoisotopic (exact) mass is 264 g/mol. The Bertz CT molecular complexity index is 383. The van der Waals surface area contributed by atoms with Gasteiger partial charge in [0.2, 0.25) is 5.91 Å². The number of carbonyl (C=O) groups excluding carboxylic acids is 1. The Labute approximate surface area is 113 Å². The number of piperidine rings is 1. The SMILES string of the molecule is NCC1CCCCN1C(=O)CSc1ccccc1. The third-order valence-electron chi connectivity index (χ3n) is 3.33. The molecule has 98 valence electrons. The fourth-order valence-corrected chi connectivity index (χ4v) is 3.12. The van der Waals surface area contributed by atoms with E-state index in [0.717, 1.165) is 24.3 Å². The van der Waals surface area contributed by atoms with Crippen LogP contribution in [0.1, 0.15) is 19.3 Å². The molecular formula is C14H20N2OS. The van der Waals surface area contributed by atoms with Crippen molar-refractivity contribution in [2.24, 2.45) is 5.73 Å². The summed E-state index contributed by atoms with van der Waals surface area (Å²) in [6, 6.07) is 10.3. The second-order valence-corrected chi connectivity index (χ2v) is 5.62. The first-order chi connectivity index (χ1) is 8.81. The van der Waals surface area contributed by atoms with Gasteiger partial charge in [-0.2, -0.15) is 0 Å². The number of benzene rings is 1. The fraction of sp³-hybridized carbons (Fsp3) is 0.500. The van der Waals surface area contributed by atoms with E-state index in [0.29, 0.717) is 12.3 Å². The normalized spacial score (nSPS) is 19.8. The van der Waals surface area contributed by atoms with Crippen LogP contribution >= 0.6 is 11.8 Å². The number of hydrogen-bond donors (Lipinski definition) is 1. The van der Waals surface area contributed by atoms with Crippen molar-refractivity contribution < 1.29 is 4.79 Å². The smallest absolute Gasteiger partial charge is 0.233 e. The van der Waals surface area contributed by atoms with Crippen LogP contribution in [0.5, 0.6) is 0 Å². The molecular weight excluding hydrogens is 244 g/mol. The molecule has 1 aliphatic heterocycles. The van der Waals surface area contributed by atoms with Gasteiger partial charge in [0.05, 0.1) is 5.75 Å². The maximum atomic E-state index is 12.2.